The van der Waals surface area contributed by atoms with Crippen molar-refractivity contribution in [2.75, 3.05) is 20.1 Å². The van der Waals surface area contributed by atoms with Crippen molar-refractivity contribution in [3.8, 4) is 0 Å². The minimum atomic E-state index is 0.138. The first kappa shape index (κ1) is 15.1. The second-order valence-electron chi connectivity index (χ2n) is 6.30. The van der Waals surface area contributed by atoms with Crippen molar-refractivity contribution in [3.63, 3.8) is 0 Å². The van der Waals surface area contributed by atoms with Crippen molar-refractivity contribution in [2.24, 2.45) is 0 Å². The summed E-state index contributed by atoms with van der Waals surface area (Å²) in [7, 11) is 2.12. The molecular weight excluding hydrogens is 274 g/mol. The number of hydrogen-bond donors (Lipinski definition) is 1. The van der Waals surface area contributed by atoms with Crippen molar-refractivity contribution in [1.82, 2.24) is 14.8 Å². The number of para-hydroxylation sites is 1. The Morgan fingerprint density at radius 3 is 2.95 bits per heavy atom. The minimum absolute atomic E-state index is 0.138. The van der Waals surface area contributed by atoms with Gasteiger partial charge in [0.25, 0.3) is 0 Å². The molecule has 2 aromatic rings. The molecule has 1 N–H and O–H groups in total. The highest BCUT2D eigenvalue weighted by atomic mass is 16.1. The van der Waals surface area contributed by atoms with Gasteiger partial charge < -0.3 is 14.8 Å². The van der Waals surface area contributed by atoms with Crippen LogP contribution in [0, 0.1) is 0 Å². The number of carbonyl (C=O) groups is 1. The number of nitrogens with zero attached hydrogens (tertiary/aromatic N) is 2. The van der Waals surface area contributed by atoms with Gasteiger partial charge in [-0.15, -0.1) is 0 Å². The topological polar surface area (TPSA) is 37.3 Å². The van der Waals surface area contributed by atoms with Crippen molar-refractivity contribution in [3.05, 3.63) is 36.0 Å². The van der Waals surface area contributed by atoms with E-state index in [0.717, 1.165) is 38.0 Å². The number of benzene rings is 1. The fourth-order valence-corrected chi connectivity index (χ4v) is 3.46. The molecule has 0 saturated carbocycles. The number of fused-ring (bicyclic) bond motifs is 1. The first-order valence-corrected chi connectivity index (χ1v) is 8.22. The van der Waals surface area contributed by atoms with E-state index in [1.165, 1.54) is 10.9 Å². The van der Waals surface area contributed by atoms with Crippen molar-refractivity contribution >= 4 is 16.8 Å². The molecule has 1 saturated heterocycles. The Hall–Kier alpha value is -1.81. The van der Waals surface area contributed by atoms with E-state index in [2.05, 4.69) is 53.2 Å². The van der Waals surface area contributed by atoms with Crippen LogP contribution in [0.5, 0.6) is 0 Å². The predicted octanol–water partition coefficient (Wildman–Crippen LogP) is 2.41. The number of aromatic nitrogens is 1. The van der Waals surface area contributed by atoms with E-state index in [-0.39, 0.29) is 5.91 Å². The van der Waals surface area contributed by atoms with Crippen LogP contribution in [0.2, 0.25) is 0 Å². The summed E-state index contributed by atoms with van der Waals surface area (Å²) in [4.78, 5) is 14.7. The summed E-state index contributed by atoms with van der Waals surface area (Å²) in [6.07, 6.45) is 4.84. The number of nitrogens with one attached hydrogen (secondary N) is 1. The van der Waals surface area contributed by atoms with Crippen LogP contribution in [0.15, 0.2) is 30.5 Å². The van der Waals surface area contributed by atoms with Crippen LogP contribution in [0.25, 0.3) is 10.9 Å². The molecule has 22 heavy (non-hydrogen) atoms. The molecule has 2 heterocycles. The third-order valence-electron chi connectivity index (χ3n) is 4.55. The molecule has 1 fully saturated rings. The molecule has 0 aliphatic carbocycles. The summed E-state index contributed by atoms with van der Waals surface area (Å²) in [6.45, 7) is 5.16. The number of amides is 1. The molecular formula is C18H25N3O. The van der Waals surface area contributed by atoms with Gasteiger partial charge in [0.2, 0.25) is 5.91 Å². The number of rotatable bonds is 4. The lowest BCUT2D eigenvalue weighted by Gasteiger charge is -2.30. The molecule has 4 nitrogen and oxygen atoms in total. The fraction of sp³-hybridized carbons (Fsp3) is 0.500. The molecule has 1 amide bonds. The van der Waals surface area contributed by atoms with Gasteiger partial charge in [0.15, 0.2) is 0 Å². The maximum atomic E-state index is 12.4. The van der Waals surface area contributed by atoms with Crippen LogP contribution in [0.4, 0.5) is 0 Å². The maximum absolute atomic E-state index is 12.4. The van der Waals surface area contributed by atoms with Gasteiger partial charge in [0, 0.05) is 36.2 Å². The van der Waals surface area contributed by atoms with Crippen LogP contribution in [-0.4, -0.2) is 41.6 Å². The Bertz CT molecular complexity index is 661. The van der Waals surface area contributed by atoms with Gasteiger partial charge in [0.05, 0.1) is 6.42 Å². The monoisotopic (exact) mass is 299 g/mol. The molecule has 1 aromatic heterocycles. The van der Waals surface area contributed by atoms with Gasteiger partial charge in [-0.25, -0.2) is 0 Å². The molecule has 1 aliphatic rings. The molecule has 0 bridgehead atoms. The number of piperidine rings is 1. The van der Waals surface area contributed by atoms with Crippen LogP contribution in [-0.2, 0) is 17.8 Å². The standard InChI is InChI=1S/C18H25N3O/c1-3-21-12-14(16-8-4-5-9-17(16)21)11-18(22)19-15-7-6-10-20(2)13-15/h4-5,8-9,12,15H,3,6-7,10-11,13H2,1-2H3,(H,19,22)/t15-/m0/s1. The van der Waals surface area contributed by atoms with Crippen LogP contribution >= 0.6 is 0 Å². The van der Waals surface area contributed by atoms with Crippen LogP contribution < -0.4 is 5.32 Å². The third kappa shape index (κ3) is 3.17. The first-order valence-electron chi connectivity index (χ1n) is 8.22. The summed E-state index contributed by atoms with van der Waals surface area (Å²) < 4.78 is 2.21. The molecule has 1 aromatic carbocycles. The van der Waals surface area contributed by atoms with E-state index in [1.807, 2.05) is 6.07 Å². The molecule has 4 heteroatoms. The molecule has 0 radical (unpaired) electrons. The summed E-state index contributed by atoms with van der Waals surface area (Å²) in [6, 6.07) is 8.62. The number of aryl methyl sites for hydroxylation is 1. The highest BCUT2D eigenvalue weighted by Gasteiger charge is 2.19. The van der Waals surface area contributed by atoms with Crippen molar-refractivity contribution in [2.45, 2.75) is 38.8 Å². The molecule has 118 valence electrons. The Morgan fingerprint density at radius 2 is 2.18 bits per heavy atom. The highest BCUT2D eigenvalue weighted by Crippen LogP contribution is 2.22. The summed E-state index contributed by atoms with van der Waals surface area (Å²) >= 11 is 0. The smallest absolute Gasteiger partial charge is 0.224 e. The van der Waals surface area contributed by atoms with Gasteiger partial charge in [-0.2, -0.15) is 0 Å². The summed E-state index contributed by atoms with van der Waals surface area (Å²) in [5.41, 5.74) is 2.34. The Morgan fingerprint density at radius 1 is 1.36 bits per heavy atom. The predicted molar refractivity (Wildman–Crippen MR) is 90.0 cm³/mol. The van der Waals surface area contributed by atoms with E-state index in [1.54, 1.807) is 0 Å². The number of likely N-dealkylation sites (N-methyl/N-ethyl adjacent to an activating group) is 1. The molecule has 0 unspecified atom stereocenters. The molecule has 1 aliphatic heterocycles. The van der Waals surface area contributed by atoms with E-state index < -0.39 is 0 Å². The minimum Gasteiger partial charge on any atom is -0.352 e. The maximum Gasteiger partial charge on any atom is 0.224 e. The van der Waals surface area contributed by atoms with Gasteiger partial charge in [-0.05, 0) is 45.0 Å². The van der Waals surface area contributed by atoms with E-state index in [4.69, 9.17) is 0 Å². The van der Waals surface area contributed by atoms with Crippen LogP contribution in [0.1, 0.15) is 25.3 Å². The largest absolute Gasteiger partial charge is 0.352 e. The quantitative estimate of drug-likeness (QED) is 0.941. The Balaban J connectivity index is 1.71. The lowest BCUT2D eigenvalue weighted by atomic mass is 10.1. The summed E-state index contributed by atoms with van der Waals surface area (Å²) in [5, 5.41) is 4.39. The molecule has 1 atom stereocenters. The van der Waals surface area contributed by atoms with E-state index in [9.17, 15) is 4.79 Å². The average Bonchev–Trinajstić information content (AvgIpc) is 2.85. The first-order chi connectivity index (χ1) is 10.7. The summed E-state index contributed by atoms with van der Waals surface area (Å²) in [5.74, 6) is 0.138. The van der Waals surface area contributed by atoms with Crippen LogP contribution in [0.3, 0.4) is 0 Å². The number of likely N-dealkylation sites (tertiary alicyclic amines) is 1. The lowest BCUT2D eigenvalue weighted by molar-refractivity contribution is -0.121. The van der Waals surface area contributed by atoms with Gasteiger partial charge >= 0.3 is 0 Å². The zero-order valence-corrected chi connectivity index (χ0v) is 13.5. The second kappa shape index (κ2) is 6.53. The van der Waals surface area contributed by atoms with E-state index in [0.29, 0.717) is 12.5 Å². The van der Waals surface area contributed by atoms with Crippen molar-refractivity contribution < 1.29 is 4.79 Å². The normalized spacial score (nSPS) is 19.5. The Labute approximate surface area is 132 Å². The SMILES string of the molecule is CCn1cc(CC(=O)N[C@H]2CCCN(C)C2)c2ccccc21. The highest BCUT2D eigenvalue weighted by molar-refractivity contribution is 5.89. The van der Waals surface area contributed by atoms with Gasteiger partial charge in [-0.3, -0.25) is 4.79 Å². The average molecular weight is 299 g/mol. The molecule has 0 spiro atoms. The third-order valence-corrected chi connectivity index (χ3v) is 4.55. The van der Waals surface area contributed by atoms with Crippen molar-refractivity contribution in [1.29, 1.82) is 0 Å². The van der Waals surface area contributed by atoms with Gasteiger partial charge in [0.1, 0.15) is 0 Å². The Kier molecular flexibility index (Phi) is 4.48. The zero-order valence-electron chi connectivity index (χ0n) is 13.5. The zero-order chi connectivity index (χ0) is 15.5. The number of hydrogen-bond acceptors (Lipinski definition) is 2. The lowest BCUT2D eigenvalue weighted by Crippen LogP contribution is -2.46. The fourth-order valence-electron chi connectivity index (χ4n) is 3.46. The van der Waals surface area contributed by atoms with Gasteiger partial charge in [-0.1, -0.05) is 18.2 Å². The molecule has 3 rings (SSSR count). The number of carbonyl (C=O) groups excluding carboxylic acids is 1. The van der Waals surface area contributed by atoms with E-state index >= 15 is 0 Å². The second-order valence-corrected chi connectivity index (χ2v) is 6.30.